The quantitative estimate of drug-likeness (QED) is 0.403. The second kappa shape index (κ2) is 10.6. The van der Waals surface area contributed by atoms with Crippen LogP contribution in [0.3, 0.4) is 0 Å². The second-order valence-electron chi connectivity index (χ2n) is 9.17. The van der Waals surface area contributed by atoms with E-state index in [2.05, 4.69) is 5.32 Å². The van der Waals surface area contributed by atoms with Crippen molar-refractivity contribution >= 4 is 44.0 Å². The van der Waals surface area contributed by atoms with Crippen LogP contribution < -0.4 is 14.5 Å². The Labute approximate surface area is 211 Å². The average molecular weight is 510 g/mol. The lowest BCUT2D eigenvalue weighted by Gasteiger charge is -2.27. The van der Waals surface area contributed by atoms with Gasteiger partial charge in [0.05, 0.1) is 10.6 Å². The highest BCUT2D eigenvalue weighted by atomic mass is 32.2. The van der Waals surface area contributed by atoms with Crippen molar-refractivity contribution in [3.8, 4) is 0 Å². The number of nitrogens with zero attached hydrogens (tertiary/aromatic N) is 2. The van der Waals surface area contributed by atoms with Gasteiger partial charge < -0.3 is 15.3 Å². The Kier molecular flexibility index (Phi) is 7.49. The van der Waals surface area contributed by atoms with Crippen LogP contribution in [0.4, 0.5) is 11.4 Å². The molecule has 3 aromatic rings. The average Bonchev–Trinajstić information content (AvgIpc) is 3.25. The van der Waals surface area contributed by atoms with Gasteiger partial charge in [0.2, 0.25) is 5.91 Å². The van der Waals surface area contributed by atoms with Crippen molar-refractivity contribution in [2.24, 2.45) is 0 Å². The first kappa shape index (κ1) is 25.5. The minimum atomic E-state index is -4.08. The Bertz CT molecular complexity index is 1390. The van der Waals surface area contributed by atoms with Crippen LogP contribution in [0, 0.1) is 0 Å². The molecule has 1 amide bonds. The van der Waals surface area contributed by atoms with E-state index in [1.54, 1.807) is 30.3 Å². The maximum atomic E-state index is 14.2. The third kappa shape index (κ3) is 5.02. The Morgan fingerprint density at radius 1 is 0.972 bits per heavy atom. The number of carboxylic acids is 1. The number of carboxylic acid groups (broad SMARTS) is 1. The number of benzene rings is 3. The van der Waals surface area contributed by atoms with Gasteiger partial charge in [-0.3, -0.25) is 13.9 Å². The van der Waals surface area contributed by atoms with Crippen molar-refractivity contribution in [2.75, 3.05) is 29.8 Å². The van der Waals surface area contributed by atoms with Crippen molar-refractivity contribution in [3.63, 3.8) is 0 Å². The fourth-order valence-corrected chi connectivity index (χ4v) is 6.61. The molecule has 3 aromatic carbocycles. The first-order chi connectivity index (χ1) is 17.2. The third-order valence-corrected chi connectivity index (χ3v) is 8.35. The zero-order valence-electron chi connectivity index (χ0n) is 20.5. The summed E-state index contributed by atoms with van der Waals surface area (Å²) in [6.07, 6.45) is 2.22. The number of unbranched alkanes of at least 4 members (excludes halogenated alkanes) is 2. The Hall–Kier alpha value is -3.59. The molecule has 0 aliphatic carbocycles. The molecule has 0 fully saturated rings. The number of carbonyl (C=O) groups excluding carboxylic acids is 1. The highest BCUT2D eigenvalue weighted by Gasteiger charge is 2.42. The van der Waals surface area contributed by atoms with Gasteiger partial charge in [-0.1, -0.05) is 48.9 Å². The van der Waals surface area contributed by atoms with Crippen molar-refractivity contribution < 1.29 is 23.1 Å². The molecule has 0 saturated heterocycles. The van der Waals surface area contributed by atoms with Crippen molar-refractivity contribution in [1.29, 1.82) is 0 Å². The molecule has 0 spiro atoms. The lowest BCUT2D eigenvalue weighted by molar-refractivity contribution is -0.137. The van der Waals surface area contributed by atoms with Gasteiger partial charge in [-0.15, -0.1) is 0 Å². The minimum absolute atomic E-state index is 0.0957. The summed E-state index contributed by atoms with van der Waals surface area (Å²) in [5.41, 5.74) is 2.22. The number of hydrogen-bond donors (Lipinski definition) is 2. The standard InChI is InChI=1S/C27H31N3O5S/c1-29(2)23-14-8-12-21-20(23)11-9-15-25(21)36(34,35)30-22-13-6-5-10-19(22)18-24(30)27(33)28-17-7-3-4-16-26(31)32/h5-6,8-15,24H,3-4,7,16-18H2,1-2H3,(H,28,33)(H,31,32). The topological polar surface area (TPSA) is 107 Å². The van der Waals surface area contributed by atoms with Gasteiger partial charge >= 0.3 is 5.97 Å². The predicted octanol–water partition coefficient (Wildman–Crippen LogP) is 3.79. The first-order valence-electron chi connectivity index (χ1n) is 12.0. The van der Waals surface area contributed by atoms with Crippen LogP contribution in [0.2, 0.25) is 0 Å². The normalized spacial score (nSPS) is 15.1. The maximum Gasteiger partial charge on any atom is 0.303 e. The smallest absolute Gasteiger partial charge is 0.303 e. The molecule has 1 aliphatic rings. The van der Waals surface area contributed by atoms with Gasteiger partial charge in [-0.05, 0) is 36.6 Å². The lowest BCUT2D eigenvalue weighted by Crippen LogP contribution is -2.48. The van der Waals surface area contributed by atoms with Gasteiger partial charge in [0.1, 0.15) is 6.04 Å². The van der Waals surface area contributed by atoms with Crippen molar-refractivity contribution in [1.82, 2.24) is 5.32 Å². The second-order valence-corrected chi connectivity index (χ2v) is 11.0. The molecule has 1 unspecified atom stereocenters. The number of hydrogen-bond acceptors (Lipinski definition) is 5. The van der Waals surface area contributed by atoms with Gasteiger partial charge in [0.15, 0.2) is 0 Å². The predicted molar refractivity (Wildman–Crippen MR) is 141 cm³/mol. The van der Waals surface area contributed by atoms with E-state index < -0.39 is 22.0 Å². The van der Waals surface area contributed by atoms with Gasteiger partial charge in [-0.2, -0.15) is 0 Å². The number of fused-ring (bicyclic) bond motifs is 2. The van der Waals surface area contributed by atoms with Gasteiger partial charge in [0.25, 0.3) is 10.0 Å². The summed E-state index contributed by atoms with van der Waals surface area (Å²) in [6, 6.07) is 17.1. The molecule has 2 N–H and O–H groups in total. The van der Waals surface area contributed by atoms with Gasteiger partial charge in [-0.25, -0.2) is 8.42 Å². The third-order valence-electron chi connectivity index (χ3n) is 6.47. The number of para-hydroxylation sites is 1. The number of carbonyl (C=O) groups is 2. The number of sulfonamides is 1. The van der Waals surface area contributed by atoms with Gasteiger partial charge in [0, 0.05) is 49.9 Å². The minimum Gasteiger partial charge on any atom is -0.481 e. The van der Waals surface area contributed by atoms with Crippen molar-refractivity contribution in [2.45, 2.75) is 43.0 Å². The molecule has 1 aliphatic heterocycles. The van der Waals surface area contributed by atoms with E-state index in [0.29, 0.717) is 36.9 Å². The van der Waals surface area contributed by atoms with Crippen LogP contribution in [0.5, 0.6) is 0 Å². The summed E-state index contributed by atoms with van der Waals surface area (Å²) in [4.78, 5) is 26.0. The number of rotatable bonds is 10. The summed E-state index contributed by atoms with van der Waals surface area (Å²) in [6.45, 7) is 0.361. The highest BCUT2D eigenvalue weighted by molar-refractivity contribution is 7.93. The van der Waals surface area contributed by atoms with Crippen LogP contribution >= 0.6 is 0 Å². The monoisotopic (exact) mass is 509 g/mol. The largest absolute Gasteiger partial charge is 0.481 e. The molecule has 0 aromatic heterocycles. The number of amides is 1. The van der Waals surface area contributed by atoms with Crippen molar-refractivity contribution in [3.05, 3.63) is 66.2 Å². The van der Waals surface area contributed by atoms with Crippen LogP contribution in [-0.2, 0) is 26.0 Å². The molecule has 0 radical (unpaired) electrons. The first-order valence-corrected chi connectivity index (χ1v) is 13.5. The number of nitrogens with one attached hydrogen (secondary N) is 1. The molecule has 1 atom stereocenters. The molecule has 1 heterocycles. The van der Waals surface area contributed by atoms with Crippen LogP contribution in [0.25, 0.3) is 10.8 Å². The molecule has 36 heavy (non-hydrogen) atoms. The lowest BCUT2D eigenvalue weighted by atomic mass is 10.1. The van der Waals surface area contributed by atoms with Crippen LogP contribution in [-0.4, -0.2) is 52.1 Å². The van der Waals surface area contributed by atoms with E-state index >= 15 is 0 Å². The Balaban J connectivity index is 1.65. The molecule has 4 rings (SSSR count). The van der Waals surface area contributed by atoms with E-state index in [0.717, 1.165) is 16.6 Å². The fourth-order valence-electron chi connectivity index (χ4n) is 4.75. The Morgan fingerprint density at radius 3 is 2.44 bits per heavy atom. The summed E-state index contributed by atoms with van der Waals surface area (Å²) >= 11 is 0. The van der Waals surface area contributed by atoms with Crippen LogP contribution in [0.15, 0.2) is 65.6 Å². The number of aliphatic carboxylic acids is 1. The van der Waals surface area contributed by atoms with E-state index in [9.17, 15) is 18.0 Å². The number of anilines is 2. The summed E-state index contributed by atoms with van der Waals surface area (Å²) in [7, 11) is -0.253. The molecule has 8 nitrogen and oxygen atoms in total. The molecular weight excluding hydrogens is 478 g/mol. The maximum absolute atomic E-state index is 14.2. The SMILES string of the molecule is CN(C)c1cccc2c(S(=O)(=O)N3c4ccccc4CC3C(=O)NCCCCCC(=O)O)cccc12. The Morgan fingerprint density at radius 2 is 1.69 bits per heavy atom. The highest BCUT2D eigenvalue weighted by Crippen LogP contribution is 2.39. The zero-order valence-corrected chi connectivity index (χ0v) is 21.3. The fraction of sp³-hybridized carbons (Fsp3) is 0.333. The molecule has 0 bridgehead atoms. The molecule has 9 heteroatoms. The van der Waals surface area contributed by atoms with E-state index in [4.69, 9.17) is 5.11 Å². The van der Waals surface area contributed by atoms with E-state index in [1.807, 2.05) is 49.3 Å². The summed E-state index contributed by atoms with van der Waals surface area (Å²) in [5.74, 6) is -1.20. The van der Waals surface area contributed by atoms with Crippen LogP contribution in [0.1, 0.15) is 31.2 Å². The van der Waals surface area contributed by atoms with E-state index in [-0.39, 0.29) is 23.6 Å². The molecule has 190 valence electrons. The van der Waals surface area contributed by atoms with E-state index in [1.165, 1.54) is 4.31 Å². The summed E-state index contributed by atoms with van der Waals surface area (Å²) < 4.78 is 29.6. The summed E-state index contributed by atoms with van der Waals surface area (Å²) in [5, 5.41) is 13.0. The molecular formula is C27H31N3O5S. The zero-order chi connectivity index (χ0) is 25.9. The molecule has 0 saturated carbocycles.